The number of methoxy groups -OCH3 is 1. The lowest BCUT2D eigenvalue weighted by molar-refractivity contribution is -0.147. The van der Waals surface area contributed by atoms with Crippen LogP contribution < -0.4 is 4.72 Å². The van der Waals surface area contributed by atoms with Crippen LogP contribution in [0.25, 0.3) is 0 Å². The molecular weight excluding hydrogens is 242 g/mol. The van der Waals surface area contributed by atoms with Crippen LogP contribution >= 0.6 is 0 Å². The maximum absolute atomic E-state index is 12.0. The largest absolute Gasteiger partial charge is 0.468 e. The molecule has 0 aliphatic rings. The molecule has 0 aliphatic carbocycles. The summed E-state index contributed by atoms with van der Waals surface area (Å²) in [6.45, 7) is 8.18. The van der Waals surface area contributed by atoms with E-state index >= 15 is 0 Å². The minimum atomic E-state index is -3.58. The van der Waals surface area contributed by atoms with Crippen molar-refractivity contribution >= 4 is 16.0 Å². The molecule has 1 N–H and O–H groups in total. The predicted octanol–water partition coefficient (Wildman–Crippen LogP) is 1.44. The number of sulfonamides is 1. The average molecular weight is 265 g/mol. The van der Waals surface area contributed by atoms with Crippen molar-refractivity contribution in [1.29, 1.82) is 0 Å². The Morgan fingerprint density at radius 3 is 2.00 bits per heavy atom. The van der Waals surface area contributed by atoms with Crippen molar-refractivity contribution in [3.63, 3.8) is 0 Å². The zero-order chi connectivity index (χ0) is 13.9. The first-order chi connectivity index (χ1) is 7.50. The predicted molar refractivity (Wildman–Crippen MR) is 67.1 cm³/mol. The van der Waals surface area contributed by atoms with Gasteiger partial charge in [0.2, 0.25) is 10.0 Å². The topological polar surface area (TPSA) is 72.5 Å². The first-order valence-electron chi connectivity index (χ1n) is 5.62. The van der Waals surface area contributed by atoms with Gasteiger partial charge in [0.05, 0.1) is 11.9 Å². The summed E-state index contributed by atoms with van der Waals surface area (Å²) in [5, 5.41) is 0. The Bertz CT molecular complexity index is 369. The van der Waals surface area contributed by atoms with Crippen LogP contribution in [0.4, 0.5) is 0 Å². The number of rotatable bonds is 5. The van der Waals surface area contributed by atoms with E-state index in [9.17, 15) is 13.2 Å². The van der Waals surface area contributed by atoms with Gasteiger partial charge in [-0.1, -0.05) is 13.3 Å². The lowest BCUT2D eigenvalue weighted by atomic mass is 9.98. The molecule has 0 aromatic carbocycles. The van der Waals surface area contributed by atoms with Crippen LogP contribution in [-0.4, -0.2) is 31.8 Å². The van der Waals surface area contributed by atoms with Gasteiger partial charge in [-0.3, -0.25) is 4.79 Å². The van der Waals surface area contributed by atoms with Crippen LogP contribution in [0.5, 0.6) is 0 Å². The van der Waals surface area contributed by atoms with Gasteiger partial charge in [0.15, 0.2) is 0 Å². The molecule has 0 heterocycles. The highest BCUT2D eigenvalue weighted by Crippen LogP contribution is 2.21. The van der Waals surface area contributed by atoms with Gasteiger partial charge in [0.1, 0.15) is 5.54 Å². The van der Waals surface area contributed by atoms with Crippen molar-refractivity contribution in [2.24, 2.45) is 0 Å². The normalized spacial score (nSPS) is 16.4. The third kappa shape index (κ3) is 3.96. The molecular formula is C11H23NO4S. The van der Waals surface area contributed by atoms with E-state index in [1.54, 1.807) is 27.7 Å². The van der Waals surface area contributed by atoms with Crippen LogP contribution in [0, 0.1) is 0 Å². The smallest absolute Gasteiger partial charge is 0.326 e. The van der Waals surface area contributed by atoms with E-state index in [0.29, 0.717) is 12.8 Å². The maximum Gasteiger partial charge on any atom is 0.326 e. The van der Waals surface area contributed by atoms with E-state index < -0.39 is 26.3 Å². The van der Waals surface area contributed by atoms with Gasteiger partial charge in [-0.2, -0.15) is 4.72 Å². The first-order valence-corrected chi connectivity index (χ1v) is 7.10. The van der Waals surface area contributed by atoms with Gasteiger partial charge in [-0.25, -0.2) is 8.42 Å². The molecule has 0 radical (unpaired) electrons. The summed E-state index contributed by atoms with van der Waals surface area (Å²) in [6, 6.07) is 0. The molecule has 0 aliphatic heterocycles. The van der Waals surface area contributed by atoms with Crippen molar-refractivity contribution in [3.05, 3.63) is 0 Å². The lowest BCUT2D eigenvalue weighted by Crippen LogP contribution is -2.56. The number of hydrogen-bond donors (Lipinski definition) is 1. The zero-order valence-electron chi connectivity index (χ0n) is 11.5. The summed E-state index contributed by atoms with van der Waals surface area (Å²) in [5.41, 5.74) is -1.20. The monoisotopic (exact) mass is 265 g/mol. The summed E-state index contributed by atoms with van der Waals surface area (Å²) in [5.74, 6) is -0.563. The van der Waals surface area contributed by atoms with Crippen molar-refractivity contribution in [1.82, 2.24) is 4.72 Å². The SMILES string of the molecule is CCCC(C)(NS(=O)(=O)C(C)(C)C)C(=O)OC. The van der Waals surface area contributed by atoms with Crippen molar-refractivity contribution in [2.45, 2.75) is 57.7 Å². The molecule has 0 aromatic heterocycles. The van der Waals surface area contributed by atoms with Crippen molar-refractivity contribution in [3.8, 4) is 0 Å². The van der Waals surface area contributed by atoms with Crippen LogP contribution in [0.2, 0.25) is 0 Å². The van der Waals surface area contributed by atoms with Crippen LogP contribution in [0.15, 0.2) is 0 Å². The minimum absolute atomic E-state index is 0.398. The Labute approximate surface area is 104 Å². The highest BCUT2D eigenvalue weighted by atomic mass is 32.2. The summed E-state index contributed by atoms with van der Waals surface area (Å²) >= 11 is 0. The Balaban J connectivity index is 5.22. The maximum atomic E-state index is 12.0. The molecule has 1 unspecified atom stereocenters. The molecule has 0 rings (SSSR count). The Hall–Kier alpha value is -0.620. The molecule has 0 aromatic rings. The number of hydrogen-bond acceptors (Lipinski definition) is 4. The van der Waals surface area contributed by atoms with E-state index in [0.717, 1.165) is 0 Å². The fourth-order valence-corrected chi connectivity index (χ4v) is 2.45. The summed E-state index contributed by atoms with van der Waals surface area (Å²) in [4.78, 5) is 11.7. The molecule has 0 amide bonds. The molecule has 0 saturated carbocycles. The highest BCUT2D eigenvalue weighted by Gasteiger charge is 2.41. The molecule has 0 saturated heterocycles. The van der Waals surface area contributed by atoms with Crippen LogP contribution in [0.3, 0.4) is 0 Å². The Kier molecular flexibility index (Phi) is 5.16. The van der Waals surface area contributed by atoms with Crippen LogP contribution in [-0.2, 0) is 19.6 Å². The van der Waals surface area contributed by atoms with Gasteiger partial charge in [0.25, 0.3) is 0 Å². The molecule has 102 valence electrons. The quantitative estimate of drug-likeness (QED) is 0.763. The second-order valence-corrected chi connectivity index (χ2v) is 7.73. The van der Waals surface area contributed by atoms with Crippen molar-refractivity contribution in [2.75, 3.05) is 7.11 Å². The number of ether oxygens (including phenoxy) is 1. The highest BCUT2D eigenvalue weighted by molar-refractivity contribution is 7.90. The lowest BCUT2D eigenvalue weighted by Gasteiger charge is -2.31. The zero-order valence-corrected chi connectivity index (χ0v) is 12.3. The van der Waals surface area contributed by atoms with Gasteiger partial charge < -0.3 is 4.74 Å². The van der Waals surface area contributed by atoms with Gasteiger partial charge in [-0.15, -0.1) is 0 Å². The fourth-order valence-electron chi connectivity index (χ4n) is 1.37. The molecule has 17 heavy (non-hydrogen) atoms. The third-order valence-electron chi connectivity index (χ3n) is 2.55. The summed E-state index contributed by atoms with van der Waals surface area (Å²) in [6.07, 6.45) is 1.08. The molecule has 0 spiro atoms. The van der Waals surface area contributed by atoms with E-state index in [-0.39, 0.29) is 0 Å². The number of esters is 1. The summed E-state index contributed by atoms with van der Waals surface area (Å²) < 4.78 is 30.2. The Morgan fingerprint density at radius 1 is 1.24 bits per heavy atom. The average Bonchev–Trinajstić information content (AvgIpc) is 2.14. The van der Waals surface area contributed by atoms with Gasteiger partial charge in [-0.05, 0) is 34.1 Å². The molecule has 6 heteroatoms. The molecule has 0 fully saturated rings. The van der Waals surface area contributed by atoms with Crippen molar-refractivity contribution < 1.29 is 17.9 Å². The van der Waals surface area contributed by atoms with Gasteiger partial charge >= 0.3 is 5.97 Å². The van der Waals surface area contributed by atoms with E-state index in [1.807, 2.05) is 6.92 Å². The summed E-state index contributed by atoms with van der Waals surface area (Å²) in [7, 11) is -2.33. The number of carbonyl (C=O) groups excluding carboxylic acids is 1. The molecule has 0 bridgehead atoms. The second kappa shape index (κ2) is 5.35. The minimum Gasteiger partial charge on any atom is -0.468 e. The van der Waals surface area contributed by atoms with Crippen LogP contribution in [0.1, 0.15) is 47.5 Å². The van der Waals surface area contributed by atoms with E-state index in [2.05, 4.69) is 9.46 Å². The fraction of sp³-hybridized carbons (Fsp3) is 0.909. The Morgan fingerprint density at radius 2 is 1.71 bits per heavy atom. The number of carbonyl (C=O) groups is 1. The first kappa shape index (κ1) is 16.4. The van der Waals surface area contributed by atoms with E-state index in [4.69, 9.17) is 0 Å². The molecule has 1 atom stereocenters. The number of nitrogens with one attached hydrogen (secondary N) is 1. The molecule has 5 nitrogen and oxygen atoms in total. The third-order valence-corrected chi connectivity index (χ3v) is 4.88. The van der Waals surface area contributed by atoms with Gasteiger partial charge in [0, 0.05) is 0 Å². The second-order valence-electron chi connectivity index (χ2n) is 5.29. The standard InChI is InChI=1S/C11H23NO4S/c1-7-8-11(5,9(13)16-6)12-17(14,15)10(2,3)4/h12H,7-8H2,1-6H3. The van der Waals surface area contributed by atoms with E-state index in [1.165, 1.54) is 7.11 Å².